The summed E-state index contributed by atoms with van der Waals surface area (Å²) in [5, 5.41) is 2.78. The van der Waals surface area contributed by atoms with Crippen LogP contribution in [0, 0.1) is 13.8 Å². The number of benzene rings is 1. The number of fused-ring (bicyclic) bond motifs is 1. The molecule has 7 heteroatoms. The van der Waals surface area contributed by atoms with E-state index in [9.17, 15) is 9.59 Å². The van der Waals surface area contributed by atoms with Crippen LogP contribution in [0.25, 0.3) is 0 Å². The maximum absolute atomic E-state index is 12.8. The van der Waals surface area contributed by atoms with E-state index in [1.165, 1.54) is 0 Å². The maximum Gasteiger partial charge on any atom is 0.234 e. The molecular formula is C21H25N3O4. The van der Waals surface area contributed by atoms with E-state index in [4.69, 9.17) is 9.47 Å². The van der Waals surface area contributed by atoms with Crippen LogP contribution >= 0.6 is 0 Å². The van der Waals surface area contributed by atoms with Gasteiger partial charge in [-0.1, -0.05) is 12.1 Å². The first kappa shape index (κ1) is 18.6. The Balaban J connectivity index is 1.45. The van der Waals surface area contributed by atoms with E-state index in [-0.39, 0.29) is 30.9 Å². The summed E-state index contributed by atoms with van der Waals surface area (Å²) < 4.78 is 14.0. The standard InChI is InChI=1S/C21H25N3O4/c1-14-9-17(18(25)11-23-8-7-22-21(26)12-23)15(2)24(14)10-16-13-27-19-5-3-4-6-20(19)28-16/h3-6,9,16H,7-8,10-13H2,1-2H3,(H,22,26)/t16-/m1/s1. The lowest BCUT2D eigenvalue weighted by molar-refractivity contribution is -0.123. The highest BCUT2D eigenvalue weighted by Crippen LogP contribution is 2.31. The van der Waals surface area contributed by atoms with Gasteiger partial charge in [0.15, 0.2) is 23.4 Å². The van der Waals surface area contributed by atoms with E-state index < -0.39 is 0 Å². The number of amides is 1. The zero-order chi connectivity index (χ0) is 19.7. The minimum Gasteiger partial charge on any atom is -0.486 e. The Morgan fingerprint density at radius 2 is 2.04 bits per heavy atom. The molecule has 0 saturated carbocycles. The van der Waals surface area contributed by atoms with Crippen LogP contribution in [0.1, 0.15) is 21.7 Å². The molecule has 2 aromatic rings. The molecule has 0 spiro atoms. The number of aromatic nitrogens is 1. The smallest absolute Gasteiger partial charge is 0.234 e. The van der Waals surface area contributed by atoms with Crippen molar-refractivity contribution in [1.82, 2.24) is 14.8 Å². The summed E-state index contributed by atoms with van der Waals surface area (Å²) in [6.45, 7) is 6.86. The molecule has 1 aromatic carbocycles. The lowest BCUT2D eigenvalue weighted by Gasteiger charge is -2.27. The third kappa shape index (κ3) is 3.75. The molecule has 1 atom stereocenters. The normalized spacial score (nSPS) is 19.4. The Hall–Kier alpha value is -2.80. The second-order valence-corrected chi connectivity index (χ2v) is 7.38. The largest absolute Gasteiger partial charge is 0.486 e. The Kier molecular flexibility index (Phi) is 5.09. The van der Waals surface area contributed by atoms with Crippen molar-refractivity contribution in [3.8, 4) is 11.5 Å². The molecule has 1 saturated heterocycles. The van der Waals surface area contributed by atoms with Gasteiger partial charge in [-0.3, -0.25) is 14.5 Å². The van der Waals surface area contributed by atoms with E-state index in [2.05, 4.69) is 9.88 Å². The zero-order valence-corrected chi connectivity index (χ0v) is 16.2. The lowest BCUT2D eigenvalue weighted by atomic mass is 10.1. The number of para-hydroxylation sites is 2. The molecule has 1 fully saturated rings. The molecule has 2 aliphatic heterocycles. The van der Waals surface area contributed by atoms with Crippen LogP contribution < -0.4 is 14.8 Å². The van der Waals surface area contributed by atoms with Crippen LogP contribution in [-0.4, -0.2) is 60.0 Å². The molecule has 2 aliphatic rings. The zero-order valence-electron chi connectivity index (χ0n) is 16.2. The molecule has 0 unspecified atom stereocenters. The van der Waals surface area contributed by atoms with Gasteiger partial charge in [-0.2, -0.15) is 0 Å². The van der Waals surface area contributed by atoms with Gasteiger partial charge in [-0.05, 0) is 32.0 Å². The second kappa shape index (κ2) is 7.67. The third-order valence-corrected chi connectivity index (χ3v) is 5.31. The summed E-state index contributed by atoms with van der Waals surface area (Å²) in [4.78, 5) is 26.2. The number of nitrogens with one attached hydrogen (secondary N) is 1. The van der Waals surface area contributed by atoms with Gasteiger partial charge in [0.1, 0.15) is 6.61 Å². The van der Waals surface area contributed by atoms with Crippen molar-refractivity contribution < 1.29 is 19.1 Å². The molecule has 0 aliphatic carbocycles. The molecule has 1 N–H and O–H groups in total. The molecule has 3 heterocycles. The van der Waals surface area contributed by atoms with Gasteiger partial charge < -0.3 is 19.4 Å². The molecule has 0 bridgehead atoms. The molecule has 148 valence electrons. The summed E-state index contributed by atoms with van der Waals surface area (Å²) in [6, 6.07) is 9.58. The maximum atomic E-state index is 12.8. The van der Waals surface area contributed by atoms with E-state index in [0.29, 0.717) is 31.8 Å². The van der Waals surface area contributed by atoms with Crippen LogP contribution in [0.3, 0.4) is 0 Å². The summed E-state index contributed by atoms with van der Waals surface area (Å²) in [7, 11) is 0. The number of ketones is 1. The molecular weight excluding hydrogens is 358 g/mol. The van der Waals surface area contributed by atoms with Gasteiger partial charge in [0.2, 0.25) is 5.91 Å². The number of carbonyl (C=O) groups excluding carboxylic acids is 2. The fraction of sp³-hybridized carbons (Fsp3) is 0.429. The molecule has 4 rings (SSSR count). The van der Waals surface area contributed by atoms with Crippen molar-refractivity contribution in [2.75, 3.05) is 32.8 Å². The number of hydrogen-bond donors (Lipinski definition) is 1. The summed E-state index contributed by atoms with van der Waals surface area (Å²) in [5.41, 5.74) is 2.65. The van der Waals surface area contributed by atoms with Crippen molar-refractivity contribution in [2.45, 2.75) is 26.5 Å². The first-order chi connectivity index (χ1) is 13.5. The van der Waals surface area contributed by atoms with Crippen LogP contribution in [0.4, 0.5) is 0 Å². The topological polar surface area (TPSA) is 72.8 Å². The van der Waals surface area contributed by atoms with Crippen LogP contribution in [0.5, 0.6) is 11.5 Å². The molecule has 1 aromatic heterocycles. The predicted octanol–water partition coefficient (Wildman–Crippen LogP) is 1.56. The van der Waals surface area contributed by atoms with Crippen LogP contribution in [-0.2, 0) is 11.3 Å². The quantitative estimate of drug-likeness (QED) is 0.794. The van der Waals surface area contributed by atoms with E-state index in [1.54, 1.807) is 0 Å². The summed E-state index contributed by atoms with van der Waals surface area (Å²) >= 11 is 0. The Morgan fingerprint density at radius 1 is 1.25 bits per heavy atom. The second-order valence-electron chi connectivity index (χ2n) is 7.38. The minimum atomic E-state index is -0.117. The average Bonchev–Trinajstić information content (AvgIpc) is 2.96. The number of ether oxygens (including phenoxy) is 2. The molecule has 28 heavy (non-hydrogen) atoms. The third-order valence-electron chi connectivity index (χ3n) is 5.31. The first-order valence-corrected chi connectivity index (χ1v) is 9.58. The van der Waals surface area contributed by atoms with Gasteiger partial charge in [-0.25, -0.2) is 0 Å². The number of piperazine rings is 1. The summed E-state index contributed by atoms with van der Waals surface area (Å²) in [5.74, 6) is 1.53. The van der Waals surface area contributed by atoms with Crippen molar-refractivity contribution in [1.29, 1.82) is 0 Å². The number of nitrogens with zero attached hydrogens (tertiary/aromatic N) is 2. The van der Waals surface area contributed by atoms with Crippen LogP contribution in [0.15, 0.2) is 30.3 Å². The van der Waals surface area contributed by atoms with Gasteiger partial charge in [-0.15, -0.1) is 0 Å². The van der Waals surface area contributed by atoms with Gasteiger partial charge in [0.05, 0.1) is 19.6 Å². The van der Waals surface area contributed by atoms with Crippen molar-refractivity contribution in [2.24, 2.45) is 0 Å². The van der Waals surface area contributed by atoms with E-state index in [1.807, 2.05) is 49.1 Å². The number of carbonyl (C=O) groups is 2. The number of aryl methyl sites for hydroxylation is 1. The Morgan fingerprint density at radius 3 is 2.82 bits per heavy atom. The first-order valence-electron chi connectivity index (χ1n) is 9.58. The fourth-order valence-corrected chi connectivity index (χ4v) is 3.84. The molecule has 1 amide bonds. The predicted molar refractivity (Wildman–Crippen MR) is 104 cm³/mol. The number of Topliss-reactive ketones (excluding diaryl/α,β-unsaturated/α-hetero) is 1. The highest BCUT2D eigenvalue weighted by atomic mass is 16.6. The van der Waals surface area contributed by atoms with Crippen molar-refractivity contribution >= 4 is 11.7 Å². The Bertz CT molecular complexity index is 905. The van der Waals surface area contributed by atoms with Gasteiger partial charge >= 0.3 is 0 Å². The summed E-state index contributed by atoms with van der Waals surface area (Å²) in [6.07, 6.45) is -0.117. The van der Waals surface area contributed by atoms with Gasteiger partial charge in [0, 0.05) is 30.0 Å². The van der Waals surface area contributed by atoms with Crippen LogP contribution in [0.2, 0.25) is 0 Å². The average molecular weight is 383 g/mol. The lowest BCUT2D eigenvalue weighted by Crippen LogP contribution is -2.49. The molecule has 7 nitrogen and oxygen atoms in total. The number of rotatable bonds is 5. The SMILES string of the molecule is Cc1cc(C(=O)CN2CCNC(=O)C2)c(C)n1C[C@@H]1COc2ccccc2O1. The highest BCUT2D eigenvalue weighted by Gasteiger charge is 2.25. The van der Waals surface area contributed by atoms with Crippen molar-refractivity contribution in [3.63, 3.8) is 0 Å². The Labute approximate surface area is 164 Å². The highest BCUT2D eigenvalue weighted by molar-refractivity contribution is 5.99. The monoisotopic (exact) mass is 383 g/mol. The van der Waals surface area contributed by atoms with Gasteiger partial charge in [0.25, 0.3) is 0 Å². The number of hydrogen-bond acceptors (Lipinski definition) is 5. The van der Waals surface area contributed by atoms with E-state index in [0.717, 1.165) is 22.9 Å². The molecule has 0 radical (unpaired) electrons. The minimum absolute atomic E-state index is 0.0285. The fourth-order valence-electron chi connectivity index (χ4n) is 3.84. The van der Waals surface area contributed by atoms with E-state index >= 15 is 0 Å². The van der Waals surface area contributed by atoms with Crippen molar-refractivity contribution in [3.05, 3.63) is 47.3 Å².